The van der Waals surface area contributed by atoms with Gasteiger partial charge in [0.1, 0.15) is 0 Å². The summed E-state index contributed by atoms with van der Waals surface area (Å²) < 4.78 is 1.05. The zero-order valence-corrected chi connectivity index (χ0v) is 10.4. The molecule has 3 N–H and O–H groups in total. The van der Waals surface area contributed by atoms with Gasteiger partial charge in [-0.15, -0.1) is 0 Å². The first-order valence-corrected chi connectivity index (χ1v) is 5.89. The quantitative estimate of drug-likeness (QED) is 0.898. The summed E-state index contributed by atoms with van der Waals surface area (Å²) in [4.78, 5) is 0. The third-order valence-electron chi connectivity index (χ3n) is 2.32. The molecule has 0 atom stereocenters. The predicted octanol–water partition coefficient (Wildman–Crippen LogP) is 3.65. The molecule has 0 radical (unpaired) electrons. The van der Waals surface area contributed by atoms with E-state index >= 15 is 0 Å². The molecule has 0 fully saturated rings. The number of halogens is 1. The molecule has 0 heterocycles. The van der Waals surface area contributed by atoms with Gasteiger partial charge in [0.05, 0.1) is 5.69 Å². The number of para-hydroxylation sites is 1. The number of benzene rings is 2. The first-order valence-electron chi connectivity index (χ1n) is 5.10. The van der Waals surface area contributed by atoms with Gasteiger partial charge < -0.3 is 11.1 Å². The number of hydrogen-bond acceptors (Lipinski definition) is 2. The van der Waals surface area contributed by atoms with Gasteiger partial charge >= 0.3 is 0 Å². The molecule has 0 saturated heterocycles. The van der Waals surface area contributed by atoms with Crippen LogP contribution >= 0.6 is 15.9 Å². The Morgan fingerprint density at radius 2 is 1.88 bits per heavy atom. The molecule has 0 aliphatic rings. The fourth-order valence-electron chi connectivity index (χ4n) is 1.49. The highest BCUT2D eigenvalue weighted by molar-refractivity contribution is 9.10. The predicted molar refractivity (Wildman–Crippen MR) is 71.8 cm³/mol. The zero-order chi connectivity index (χ0) is 11.4. The maximum absolute atomic E-state index is 5.60. The van der Waals surface area contributed by atoms with Gasteiger partial charge in [0.15, 0.2) is 0 Å². The van der Waals surface area contributed by atoms with Gasteiger partial charge in [-0.1, -0.05) is 24.3 Å². The number of anilines is 2. The maximum atomic E-state index is 5.60. The average Bonchev–Trinajstić information content (AvgIpc) is 2.32. The molecule has 0 aliphatic carbocycles. The molecule has 0 bridgehead atoms. The lowest BCUT2D eigenvalue weighted by atomic mass is 10.2. The second-order valence-electron chi connectivity index (χ2n) is 3.51. The van der Waals surface area contributed by atoms with Crippen LogP contribution in [0.15, 0.2) is 53.0 Å². The van der Waals surface area contributed by atoms with E-state index in [1.165, 1.54) is 0 Å². The molecule has 0 amide bonds. The molecule has 82 valence electrons. The Morgan fingerprint density at radius 1 is 1.06 bits per heavy atom. The van der Waals surface area contributed by atoms with Crippen LogP contribution in [0, 0.1) is 0 Å². The maximum Gasteiger partial charge on any atom is 0.0528 e. The first-order chi connectivity index (χ1) is 7.79. The second kappa shape index (κ2) is 5.14. The molecule has 2 rings (SSSR count). The van der Waals surface area contributed by atoms with Crippen LogP contribution in [0.25, 0.3) is 0 Å². The summed E-state index contributed by atoms with van der Waals surface area (Å²) in [6.45, 7) is 0.561. The van der Waals surface area contributed by atoms with Crippen LogP contribution in [0.1, 0.15) is 5.56 Å². The number of nitrogens with two attached hydrogens (primary N) is 1. The topological polar surface area (TPSA) is 38.0 Å². The van der Waals surface area contributed by atoms with Crippen LogP contribution in [-0.2, 0) is 6.54 Å². The highest BCUT2D eigenvalue weighted by Gasteiger charge is 1.99. The third-order valence-corrected chi connectivity index (χ3v) is 3.01. The Labute approximate surface area is 104 Å². The van der Waals surface area contributed by atoms with E-state index in [4.69, 9.17) is 5.73 Å². The van der Waals surface area contributed by atoms with Crippen molar-refractivity contribution in [2.24, 2.45) is 5.73 Å². The molecule has 2 aromatic carbocycles. The molecule has 0 spiro atoms. The molecule has 2 nitrogen and oxygen atoms in total. The summed E-state index contributed by atoms with van der Waals surface area (Å²) >= 11 is 3.50. The fraction of sp³-hybridized carbons (Fsp3) is 0.0769. The molecule has 3 heteroatoms. The van der Waals surface area contributed by atoms with Crippen molar-refractivity contribution in [2.75, 3.05) is 5.32 Å². The average molecular weight is 277 g/mol. The van der Waals surface area contributed by atoms with Crippen molar-refractivity contribution < 1.29 is 0 Å². The van der Waals surface area contributed by atoms with Gasteiger partial charge in [-0.2, -0.15) is 0 Å². The van der Waals surface area contributed by atoms with Crippen LogP contribution in [0.5, 0.6) is 0 Å². The van der Waals surface area contributed by atoms with E-state index in [9.17, 15) is 0 Å². The number of nitrogens with one attached hydrogen (secondary N) is 1. The molecule has 0 aliphatic heterocycles. The smallest absolute Gasteiger partial charge is 0.0528 e. The zero-order valence-electron chi connectivity index (χ0n) is 8.78. The van der Waals surface area contributed by atoms with E-state index in [0.717, 1.165) is 21.4 Å². The lowest BCUT2D eigenvalue weighted by molar-refractivity contribution is 1.07. The summed E-state index contributed by atoms with van der Waals surface area (Å²) in [5, 5.41) is 3.34. The number of hydrogen-bond donors (Lipinski definition) is 2. The summed E-state index contributed by atoms with van der Waals surface area (Å²) in [6.07, 6.45) is 0. The highest BCUT2D eigenvalue weighted by atomic mass is 79.9. The van der Waals surface area contributed by atoms with Gasteiger partial charge in [-0.25, -0.2) is 0 Å². The van der Waals surface area contributed by atoms with Crippen molar-refractivity contribution in [2.45, 2.75) is 6.54 Å². The van der Waals surface area contributed by atoms with Crippen molar-refractivity contribution in [3.63, 3.8) is 0 Å². The molecular weight excluding hydrogens is 264 g/mol. The van der Waals surface area contributed by atoms with Crippen LogP contribution in [0.3, 0.4) is 0 Å². The van der Waals surface area contributed by atoms with Crippen molar-refractivity contribution in [3.05, 3.63) is 58.6 Å². The monoisotopic (exact) mass is 276 g/mol. The van der Waals surface area contributed by atoms with Crippen LogP contribution in [0.4, 0.5) is 11.4 Å². The van der Waals surface area contributed by atoms with E-state index in [1.807, 2.05) is 42.5 Å². The molecule has 2 aromatic rings. The van der Waals surface area contributed by atoms with Crippen LogP contribution < -0.4 is 11.1 Å². The molecule has 16 heavy (non-hydrogen) atoms. The van der Waals surface area contributed by atoms with Gasteiger partial charge in [0, 0.05) is 16.7 Å². The lowest BCUT2D eigenvalue weighted by Crippen LogP contribution is -1.97. The van der Waals surface area contributed by atoms with Crippen LogP contribution in [0.2, 0.25) is 0 Å². The molecule has 0 saturated carbocycles. The van der Waals surface area contributed by atoms with Crippen molar-refractivity contribution >= 4 is 27.3 Å². The van der Waals surface area contributed by atoms with E-state index < -0.39 is 0 Å². The minimum absolute atomic E-state index is 0.561. The first kappa shape index (κ1) is 11.2. The summed E-state index contributed by atoms with van der Waals surface area (Å²) in [5.41, 5.74) is 8.83. The van der Waals surface area contributed by atoms with Gasteiger partial charge in [0.2, 0.25) is 0 Å². The standard InChI is InChI=1S/C13H13BrN2/c14-12-6-1-2-7-13(12)16-11-5-3-4-10(8-11)9-15/h1-8,16H,9,15H2. The lowest BCUT2D eigenvalue weighted by Gasteiger charge is -2.09. The largest absolute Gasteiger partial charge is 0.355 e. The minimum Gasteiger partial charge on any atom is -0.355 e. The fourth-order valence-corrected chi connectivity index (χ4v) is 1.88. The molecular formula is C13H13BrN2. The van der Waals surface area contributed by atoms with Crippen molar-refractivity contribution in [3.8, 4) is 0 Å². The van der Waals surface area contributed by atoms with Crippen molar-refractivity contribution in [1.82, 2.24) is 0 Å². The Morgan fingerprint density at radius 3 is 2.62 bits per heavy atom. The van der Waals surface area contributed by atoms with E-state index in [2.05, 4.69) is 27.3 Å². The highest BCUT2D eigenvalue weighted by Crippen LogP contribution is 2.25. The summed E-state index contributed by atoms with van der Waals surface area (Å²) in [7, 11) is 0. The molecule has 0 unspecified atom stereocenters. The van der Waals surface area contributed by atoms with E-state index in [-0.39, 0.29) is 0 Å². The number of rotatable bonds is 3. The minimum atomic E-state index is 0.561. The normalized spacial score (nSPS) is 10.1. The van der Waals surface area contributed by atoms with Gasteiger partial charge in [0.25, 0.3) is 0 Å². The van der Waals surface area contributed by atoms with Crippen molar-refractivity contribution in [1.29, 1.82) is 0 Å². The third kappa shape index (κ3) is 2.62. The Kier molecular flexibility index (Phi) is 3.59. The van der Waals surface area contributed by atoms with Crippen LogP contribution in [-0.4, -0.2) is 0 Å². The summed E-state index contributed by atoms with van der Waals surface area (Å²) in [6, 6.07) is 16.1. The second-order valence-corrected chi connectivity index (χ2v) is 4.36. The van der Waals surface area contributed by atoms with E-state index in [1.54, 1.807) is 0 Å². The Bertz CT molecular complexity index is 483. The van der Waals surface area contributed by atoms with Gasteiger partial charge in [-0.05, 0) is 45.8 Å². The molecule has 0 aromatic heterocycles. The van der Waals surface area contributed by atoms with E-state index in [0.29, 0.717) is 6.54 Å². The summed E-state index contributed by atoms with van der Waals surface area (Å²) in [5.74, 6) is 0. The Hall–Kier alpha value is -1.32. The SMILES string of the molecule is NCc1cccc(Nc2ccccc2Br)c1. The Balaban J connectivity index is 2.24. The van der Waals surface area contributed by atoms with Gasteiger partial charge in [-0.3, -0.25) is 0 Å².